The summed E-state index contributed by atoms with van der Waals surface area (Å²) in [4.78, 5) is 22.8. The highest BCUT2D eigenvalue weighted by Gasteiger charge is 2.48. The lowest BCUT2D eigenvalue weighted by molar-refractivity contribution is 0.0769. The van der Waals surface area contributed by atoms with Gasteiger partial charge < -0.3 is 14.1 Å². The molecule has 0 spiro atoms. The molecule has 0 N–H and O–H groups in total. The van der Waals surface area contributed by atoms with Gasteiger partial charge in [0.15, 0.2) is 0 Å². The second kappa shape index (κ2) is 7.22. The smallest absolute Gasteiger partial charge is 0.257 e. The zero-order valence-corrected chi connectivity index (χ0v) is 16.6. The van der Waals surface area contributed by atoms with Crippen molar-refractivity contribution < 1.29 is 22.4 Å². The van der Waals surface area contributed by atoms with Gasteiger partial charge in [0.25, 0.3) is 5.91 Å². The van der Waals surface area contributed by atoms with E-state index in [0.717, 1.165) is 0 Å². The molecule has 0 aromatic carbocycles. The number of sulfonamides is 1. The van der Waals surface area contributed by atoms with Gasteiger partial charge in [-0.3, -0.25) is 9.78 Å². The van der Waals surface area contributed by atoms with E-state index in [1.54, 1.807) is 41.4 Å². The highest BCUT2D eigenvalue weighted by atomic mass is 32.2. The first-order valence-electron chi connectivity index (χ1n) is 9.39. The molecule has 1 fully saturated rings. The van der Waals surface area contributed by atoms with Crippen molar-refractivity contribution in [1.82, 2.24) is 19.2 Å². The zero-order chi connectivity index (χ0) is 20.7. The van der Waals surface area contributed by atoms with Crippen molar-refractivity contribution in [2.24, 2.45) is 0 Å². The maximum atomic E-state index is 13.5. The van der Waals surface area contributed by atoms with Crippen LogP contribution in [0.25, 0.3) is 0 Å². The van der Waals surface area contributed by atoms with Gasteiger partial charge in [0.1, 0.15) is 17.3 Å². The summed E-state index contributed by atoms with van der Waals surface area (Å²) >= 11 is 0. The van der Waals surface area contributed by atoms with Gasteiger partial charge in [-0.1, -0.05) is 6.07 Å². The Morgan fingerprint density at radius 2 is 1.97 bits per heavy atom. The Labute approximate surface area is 173 Å². The highest BCUT2D eigenvalue weighted by molar-refractivity contribution is 7.89. The molecule has 1 amide bonds. The van der Waals surface area contributed by atoms with E-state index in [1.807, 2.05) is 0 Å². The van der Waals surface area contributed by atoms with Gasteiger partial charge >= 0.3 is 0 Å². The maximum Gasteiger partial charge on any atom is 0.257 e. The predicted octanol–water partition coefficient (Wildman–Crippen LogP) is 1.55. The van der Waals surface area contributed by atoms with Crippen molar-refractivity contribution in [2.45, 2.75) is 23.6 Å². The van der Waals surface area contributed by atoms with Crippen LogP contribution in [-0.2, 0) is 16.6 Å². The van der Waals surface area contributed by atoms with E-state index in [1.165, 1.54) is 29.1 Å². The first kappa shape index (κ1) is 18.8. The van der Waals surface area contributed by atoms with Crippen LogP contribution in [0, 0.1) is 0 Å². The van der Waals surface area contributed by atoms with Gasteiger partial charge in [0, 0.05) is 18.9 Å². The highest BCUT2D eigenvalue weighted by Crippen LogP contribution is 2.35. The lowest BCUT2D eigenvalue weighted by atomic mass is 10.2. The summed E-state index contributed by atoms with van der Waals surface area (Å²) in [5.74, 6) is -0.189. The number of rotatable bonds is 3. The molecule has 3 aromatic rings. The van der Waals surface area contributed by atoms with Crippen molar-refractivity contribution in [1.29, 1.82) is 0 Å². The fourth-order valence-corrected chi connectivity index (χ4v) is 5.53. The van der Waals surface area contributed by atoms with E-state index in [-0.39, 0.29) is 36.3 Å². The molecule has 154 valence electrons. The van der Waals surface area contributed by atoms with Crippen molar-refractivity contribution in [3.8, 4) is 5.88 Å². The van der Waals surface area contributed by atoms with Gasteiger partial charge in [-0.2, -0.15) is 4.31 Å². The standard InChI is InChI=1S/C20H18N4O5S/c25-20(14-6-9-28-13-14)23-11-16-17(12-23)29-19-18(5-3-8-22-19)30(26,27)24(16)10-15-4-1-2-7-21-15/h1-9,13,16-17H,10-12H2/t16-,17+/m1/s1. The number of hydrogen-bond acceptors (Lipinski definition) is 7. The minimum absolute atomic E-state index is 0.0167. The Balaban J connectivity index is 1.55. The molecule has 10 heteroatoms. The third-order valence-corrected chi connectivity index (χ3v) is 7.18. The maximum absolute atomic E-state index is 13.5. The number of fused-ring (bicyclic) bond motifs is 2. The van der Waals surface area contributed by atoms with Gasteiger partial charge in [-0.15, -0.1) is 0 Å². The van der Waals surface area contributed by atoms with Crippen molar-refractivity contribution in [3.63, 3.8) is 0 Å². The number of likely N-dealkylation sites (tertiary alicyclic amines) is 1. The minimum atomic E-state index is -3.93. The Hall–Kier alpha value is -3.24. The molecule has 2 atom stereocenters. The second-order valence-electron chi connectivity index (χ2n) is 7.12. The Morgan fingerprint density at radius 3 is 2.73 bits per heavy atom. The zero-order valence-electron chi connectivity index (χ0n) is 15.8. The first-order chi connectivity index (χ1) is 14.5. The average molecular weight is 426 g/mol. The van der Waals surface area contributed by atoms with Crippen molar-refractivity contribution >= 4 is 15.9 Å². The van der Waals surface area contributed by atoms with Crippen LogP contribution in [0.3, 0.4) is 0 Å². The molecule has 30 heavy (non-hydrogen) atoms. The quantitative estimate of drug-likeness (QED) is 0.625. The molecule has 0 unspecified atom stereocenters. The number of pyridine rings is 2. The normalized spacial score (nSPS) is 22.6. The number of aromatic nitrogens is 2. The SMILES string of the molecule is O=C(c1ccoc1)N1C[C@@H]2Oc3ncccc3S(=O)(=O)N(Cc3ccccn3)[C@@H]2C1. The lowest BCUT2D eigenvalue weighted by Crippen LogP contribution is -2.46. The topological polar surface area (TPSA) is 106 Å². The van der Waals surface area contributed by atoms with Crippen molar-refractivity contribution in [2.75, 3.05) is 13.1 Å². The molecule has 0 saturated carbocycles. The molecule has 0 radical (unpaired) electrons. The summed E-state index contributed by atoms with van der Waals surface area (Å²) in [6.45, 7) is 0.490. The van der Waals surface area contributed by atoms with Gasteiger partial charge in [0.2, 0.25) is 15.9 Å². The lowest BCUT2D eigenvalue weighted by Gasteiger charge is -2.27. The number of amides is 1. The molecule has 3 aromatic heterocycles. The van der Waals surface area contributed by atoms with Crippen LogP contribution in [0.2, 0.25) is 0 Å². The van der Waals surface area contributed by atoms with E-state index in [9.17, 15) is 13.2 Å². The molecule has 2 aliphatic rings. The largest absolute Gasteiger partial charge is 0.472 e. The van der Waals surface area contributed by atoms with Crippen LogP contribution < -0.4 is 4.74 Å². The molecule has 5 rings (SSSR count). The summed E-state index contributed by atoms with van der Waals surface area (Å²) in [6.07, 6.45) is 5.34. The molecule has 5 heterocycles. The summed E-state index contributed by atoms with van der Waals surface area (Å²) in [6, 6.07) is 9.39. The summed E-state index contributed by atoms with van der Waals surface area (Å²) in [7, 11) is -3.93. The van der Waals surface area contributed by atoms with Gasteiger partial charge in [0.05, 0.1) is 36.7 Å². The Morgan fingerprint density at radius 1 is 1.10 bits per heavy atom. The van der Waals surface area contributed by atoms with Crippen LogP contribution in [-0.4, -0.2) is 58.7 Å². The number of furan rings is 1. The second-order valence-corrected chi connectivity index (χ2v) is 8.98. The van der Waals surface area contributed by atoms with E-state index >= 15 is 0 Å². The van der Waals surface area contributed by atoms with E-state index in [0.29, 0.717) is 11.3 Å². The van der Waals surface area contributed by atoms with Gasteiger partial charge in [-0.25, -0.2) is 13.4 Å². The molecule has 0 aliphatic carbocycles. The molecule has 2 aliphatic heterocycles. The number of carbonyl (C=O) groups excluding carboxylic acids is 1. The molecular weight excluding hydrogens is 408 g/mol. The van der Waals surface area contributed by atoms with Crippen LogP contribution in [0.4, 0.5) is 0 Å². The molecule has 1 saturated heterocycles. The average Bonchev–Trinajstić information content (AvgIpc) is 3.41. The Bertz CT molecular complexity index is 1170. The number of carbonyl (C=O) groups is 1. The third kappa shape index (κ3) is 3.14. The first-order valence-corrected chi connectivity index (χ1v) is 10.8. The minimum Gasteiger partial charge on any atom is -0.472 e. The van der Waals surface area contributed by atoms with E-state index < -0.39 is 22.2 Å². The van der Waals surface area contributed by atoms with Crippen molar-refractivity contribution in [3.05, 3.63) is 72.6 Å². The van der Waals surface area contributed by atoms with Gasteiger partial charge in [-0.05, 0) is 30.3 Å². The number of nitrogens with zero attached hydrogens (tertiary/aromatic N) is 4. The molecule has 0 bridgehead atoms. The van der Waals surface area contributed by atoms with Crippen LogP contribution in [0.15, 0.2) is 70.6 Å². The van der Waals surface area contributed by atoms with Crippen LogP contribution in [0.5, 0.6) is 5.88 Å². The summed E-state index contributed by atoms with van der Waals surface area (Å²) in [5, 5.41) is 0. The fraction of sp³-hybridized carbons (Fsp3) is 0.250. The number of ether oxygens (including phenoxy) is 1. The molecular formula is C20H18N4O5S. The summed E-state index contributed by atoms with van der Waals surface area (Å²) in [5.41, 5.74) is 1.01. The molecule has 9 nitrogen and oxygen atoms in total. The fourth-order valence-electron chi connectivity index (χ4n) is 3.85. The summed E-state index contributed by atoms with van der Waals surface area (Å²) < 4.78 is 39.5. The van der Waals surface area contributed by atoms with Crippen LogP contribution in [0.1, 0.15) is 16.1 Å². The number of hydrogen-bond donors (Lipinski definition) is 0. The van der Waals surface area contributed by atoms with E-state index in [4.69, 9.17) is 9.15 Å². The van der Waals surface area contributed by atoms with Crippen LogP contribution >= 0.6 is 0 Å². The predicted molar refractivity (Wildman–Crippen MR) is 104 cm³/mol. The third-order valence-electron chi connectivity index (χ3n) is 5.29. The Kier molecular flexibility index (Phi) is 4.52. The van der Waals surface area contributed by atoms with E-state index in [2.05, 4.69) is 9.97 Å². The monoisotopic (exact) mass is 426 g/mol.